The normalized spacial score (nSPS) is 18.2. The predicted octanol–water partition coefficient (Wildman–Crippen LogP) is 3.69. The van der Waals surface area contributed by atoms with Gasteiger partial charge in [0.05, 0.1) is 6.10 Å². The predicted molar refractivity (Wildman–Crippen MR) is 104 cm³/mol. The van der Waals surface area contributed by atoms with Gasteiger partial charge in [0.1, 0.15) is 0 Å². The van der Waals surface area contributed by atoms with Crippen LogP contribution in [0.2, 0.25) is 0 Å². The molecule has 0 bridgehead atoms. The summed E-state index contributed by atoms with van der Waals surface area (Å²) in [4.78, 5) is 8.36. The number of aliphatic hydroxyl groups excluding tert-OH is 1. The van der Waals surface area contributed by atoms with Gasteiger partial charge in [-0.05, 0) is 54.8 Å². The fourth-order valence-electron chi connectivity index (χ4n) is 3.70. The van der Waals surface area contributed by atoms with Crippen LogP contribution in [0.25, 0.3) is 10.1 Å². The summed E-state index contributed by atoms with van der Waals surface area (Å²) in [6.45, 7) is 2.89. The van der Waals surface area contributed by atoms with Crippen molar-refractivity contribution in [2.45, 2.75) is 31.8 Å². The zero-order chi connectivity index (χ0) is 17.1. The number of pyridine rings is 1. The molecular weight excluding hydrogens is 328 g/mol. The molecule has 4 rings (SSSR count). The Balaban J connectivity index is 1.53. The van der Waals surface area contributed by atoms with Gasteiger partial charge < -0.3 is 10.0 Å². The Morgan fingerprint density at radius 2 is 1.96 bits per heavy atom. The van der Waals surface area contributed by atoms with E-state index >= 15 is 0 Å². The average molecular weight is 353 g/mol. The molecule has 3 nitrogen and oxygen atoms in total. The Labute approximate surface area is 152 Å². The Kier molecular flexibility index (Phi) is 5.11. The molecule has 1 aromatic carbocycles. The van der Waals surface area contributed by atoms with Gasteiger partial charge in [-0.2, -0.15) is 0 Å². The van der Waals surface area contributed by atoms with Crippen LogP contribution in [0.4, 0.5) is 0 Å². The number of fused-ring (bicyclic) bond motifs is 1. The van der Waals surface area contributed by atoms with E-state index in [0.29, 0.717) is 0 Å². The fourth-order valence-corrected chi connectivity index (χ4v) is 4.94. The van der Waals surface area contributed by atoms with Crippen molar-refractivity contribution in [3.63, 3.8) is 0 Å². The molecule has 130 valence electrons. The van der Waals surface area contributed by atoms with E-state index in [2.05, 4.69) is 46.3 Å². The molecule has 4 heteroatoms. The third kappa shape index (κ3) is 3.92. The van der Waals surface area contributed by atoms with Crippen molar-refractivity contribution in [2.75, 3.05) is 19.6 Å². The second kappa shape index (κ2) is 7.65. The number of hydrogen-bond donors (Lipinski definition) is 1. The molecule has 1 fully saturated rings. The molecule has 3 heterocycles. The number of hydrogen-bond acceptors (Lipinski definition) is 4. The molecule has 0 spiro atoms. The fraction of sp³-hybridized carbons (Fsp3) is 0.381. The summed E-state index contributed by atoms with van der Waals surface area (Å²) in [5.41, 5.74) is 2.65. The third-order valence-corrected chi connectivity index (χ3v) is 6.31. The smallest absolute Gasteiger partial charge is 0.0679 e. The molecule has 1 aliphatic rings. The van der Waals surface area contributed by atoms with E-state index in [-0.39, 0.29) is 6.10 Å². The van der Waals surface area contributed by atoms with E-state index < -0.39 is 0 Å². The van der Waals surface area contributed by atoms with Crippen LogP contribution in [0.5, 0.6) is 0 Å². The number of aryl methyl sites for hydroxylation is 2. The standard InChI is InChI=1S/C21H24N2OS/c24-17-10-13-23(15-17)14-11-21-19(9-8-16-5-3-4-12-22-16)18-6-1-2-7-20(18)25-21/h1-7,12,17,24H,8-11,13-15H2. The molecular formula is C21H24N2OS. The van der Waals surface area contributed by atoms with Gasteiger partial charge in [0.15, 0.2) is 0 Å². The number of β-amino-alcohol motifs (C(OH)–C–C–N with tert-alkyl or cyclic N) is 1. The molecule has 0 aliphatic carbocycles. The highest BCUT2D eigenvalue weighted by Crippen LogP contribution is 2.33. The summed E-state index contributed by atoms with van der Waals surface area (Å²) < 4.78 is 1.38. The zero-order valence-corrected chi connectivity index (χ0v) is 15.2. The lowest BCUT2D eigenvalue weighted by molar-refractivity contribution is 0.177. The molecule has 25 heavy (non-hydrogen) atoms. The molecule has 0 saturated carbocycles. The Morgan fingerprint density at radius 1 is 1.08 bits per heavy atom. The third-order valence-electron chi connectivity index (χ3n) is 5.04. The molecule has 0 radical (unpaired) electrons. The van der Waals surface area contributed by atoms with Crippen LogP contribution in [0.1, 0.15) is 22.6 Å². The second-order valence-corrected chi connectivity index (χ2v) is 7.95. The van der Waals surface area contributed by atoms with Gasteiger partial charge in [0.25, 0.3) is 0 Å². The first-order chi connectivity index (χ1) is 12.3. The highest BCUT2D eigenvalue weighted by Gasteiger charge is 2.20. The van der Waals surface area contributed by atoms with Crippen LogP contribution in [-0.4, -0.2) is 40.7 Å². The van der Waals surface area contributed by atoms with E-state index in [0.717, 1.165) is 51.0 Å². The quantitative estimate of drug-likeness (QED) is 0.735. The number of thiophene rings is 1. The van der Waals surface area contributed by atoms with Crippen LogP contribution in [0.15, 0.2) is 48.7 Å². The second-order valence-electron chi connectivity index (χ2n) is 6.81. The van der Waals surface area contributed by atoms with Crippen molar-refractivity contribution in [1.29, 1.82) is 0 Å². The highest BCUT2D eigenvalue weighted by molar-refractivity contribution is 7.19. The minimum absolute atomic E-state index is 0.133. The SMILES string of the molecule is OC1CCN(CCc2sc3ccccc3c2CCc2ccccn2)C1. The first-order valence-corrected chi connectivity index (χ1v) is 9.91. The van der Waals surface area contributed by atoms with Crippen molar-refractivity contribution in [3.8, 4) is 0 Å². The molecule has 0 amide bonds. The van der Waals surface area contributed by atoms with E-state index in [4.69, 9.17) is 0 Å². The lowest BCUT2D eigenvalue weighted by Gasteiger charge is -2.14. The van der Waals surface area contributed by atoms with Crippen molar-refractivity contribution in [3.05, 3.63) is 64.8 Å². The Bertz CT molecular complexity index is 830. The minimum atomic E-state index is -0.133. The maximum absolute atomic E-state index is 9.73. The number of benzene rings is 1. The molecule has 1 aliphatic heterocycles. The first kappa shape index (κ1) is 16.7. The number of likely N-dealkylation sites (tertiary alicyclic amines) is 1. The van der Waals surface area contributed by atoms with Crippen LogP contribution in [-0.2, 0) is 19.3 Å². The molecule has 3 aromatic rings. The van der Waals surface area contributed by atoms with E-state index in [9.17, 15) is 5.11 Å². The topological polar surface area (TPSA) is 36.4 Å². The summed E-state index contributed by atoms with van der Waals surface area (Å²) in [5, 5.41) is 11.1. The van der Waals surface area contributed by atoms with Gasteiger partial charge in [-0.25, -0.2) is 0 Å². The molecule has 1 atom stereocenters. The number of aromatic nitrogens is 1. The molecule has 1 unspecified atom stereocenters. The average Bonchev–Trinajstić information content (AvgIpc) is 3.22. The van der Waals surface area contributed by atoms with Crippen LogP contribution in [0, 0.1) is 0 Å². The molecule has 1 N–H and O–H groups in total. The van der Waals surface area contributed by atoms with E-state index in [1.807, 2.05) is 23.6 Å². The van der Waals surface area contributed by atoms with Gasteiger partial charge in [-0.3, -0.25) is 4.98 Å². The number of rotatable bonds is 6. The van der Waals surface area contributed by atoms with Crippen molar-refractivity contribution in [2.24, 2.45) is 0 Å². The number of aliphatic hydroxyl groups is 1. The minimum Gasteiger partial charge on any atom is -0.392 e. The summed E-state index contributed by atoms with van der Waals surface area (Å²) in [6, 6.07) is 14.9. The lowest BCUT2D eigenvalue weighted by Crippen LogP contribution is -2.24. The Morgan fingerprint density at radius 3 is 2.76 bits per heavy atom. The summed E-state index contributed by atoms with van der Waals surface area (Å²) >= 11 is 1.93. The monoisotopic (exact) mass is 352 g/mol. The van der Waals surface area contributed by atoms with Gasteiger partial charge in [0, 0.05) is 41.1 Å². The van der Waals surface area contributed by atoms with Gasteiger partial charge in [-0.15, -0.1) is 11.3 Å². The zero-order valence-electron chi connectivity index (χ0n) is 14.4. The molecule has 2 aromatic heterocycles. The van der Waals surface area contributed by atoms with Gasteiger partial charge in [-0.1, -0.05) is 24.3 Å². The maximum Gasteiger partial charge on any atom is 0.0679 e. The highest BCUT2D eigenvalue weighted by atomic mass is 32.1. The van der Waals surface area contributed by atoms with Crippen LogP contribution in [0.3, 0.4) is 0 Å². The first-order valence-electron chi connectivity index (χ1n) is 9.09. The summed E-state index contributed by atoms with van der Waals surface area (Å²) in [5.74, 6) is 0. The van der Waals surface area contributed by atoms with Gasteiger partial charge >= 0.3 is 0 Å². The van der Waals surface area contributed by atoms with Gasteiger partial charge in [0.2, 0.25) is 0 Å². The Hall–Kier alpha value is -1.75. The largest absolute Gasteiger partial charge is 0.392 e. The lowest BCUT2D eigenvalue weighted by atomic mass is 10.0. The summed E-state index contributed by atoms with van der Waals surface area (Å²) in [7, 11) is 0. The maximum atomic E-state index is 9.73. The van der Waals surface area contributed by atoms with Crippen molar-refractivity contribution in [1.82, 2.24) is 9.88 Å². The van der Waals surface area contributed by atoms with Crippen LogP contribution >= 0.6 is 11.3 Å². The summed E-state index contributed by atoms with van der Waals surface area (Å²) in [6.07, 6.45) is 5.75. The van der Waals surface area contributed by atoms with Crippen molar-refractivity contribution >= 4 is 21.4 Å². The van der Waals surface area contributed by atoms with Crippen molar-refractivity contribution < 1.29 is 5.11 Å². The molecule has 1 saturated heterocycles. The number of nitrogens with zero attached hydrogens (tertiary/aromatic N) is 2. The van der Waals surface area contributed by atoms with E-state index in [1.165, 1.54) is 20.5 Å². The van der Waals surface area contributed by atoms with Crippen LogP contribution < -0.4 is 0 Å². The van der Waals surface area contributed by atoms with E-state index in [1.54, 1.807) is 0 Å².